The van der Waals surface area contributed by atoms with Crippen LogP contribution in [0.15, 0.2) is 71.6 Å². The quantitative estimate of drug-likeness (QED) is 0.144. The molecule has 0 aliphatic heterocycles. The lowest BCUT2D eigenvalue weighted by molar-refractivity contribution is -0.126. The number of nitrogens with one attached hydrogen (secondary N) is 2. The van der Waals surface area contributed by atoms with Gasteiger partial charge in [-0.3, -0.25) is 19.8 Å². The number of unbranched alkanes of at least 4 members (excludes halogenated alkanes) is 1. The van der Waals surface area contributed by atoms with E-state index in [0.29, 0.717) is 45.0 Å². The molecule has 0 fully saturated rings. The number of halogens is 2. The Morgan fingerprint density at radius 3 is 2.00 bits per heavy atom. The SMILES string of the molecule is CCCCN(CC(O)C(Cc1cc(F)cc(F)c1)NC(=O)c1cc(C(=O)N(CCC)CCC)cc(S(=O)(=O)N(C)C)c1)NC(=O)Cc1ccccc1. The molecule has 2 unspecified atom stereocenters. The molecule has 3 rings (SSSR count). The number of aliphatic hydroxyl groups excluding tert-OH is 1. The third-order valence-corrected chi connectivity index (χ3v) is 10.1. The lowest BCUT2D eigenvalue weighted by Gasteiger charge is -2.30. The fraction of sp³-hybridized carbons (Fsp3) is 0.447. The minimum absolute atomic E-state index is 0.00820. The van der Waals surface area contributed by atoms with Crippen molar-refractivity contribution < 1.29 is 36.7 Å². The molecular weight excluding hydrogens is 693 g/mol. The summed E-state index contributed by atoms with van der Waals surface area (Å²) in [5, 5.41) is 15.9. The van der Waals surface area contributed by atoms with Gasteiger partial charge in [-0.2, -0.15) is 0 Å². The monoisotopic (exact) mass is 743 g/mol. The van der Waals surface area contributed by atoms with Crippen LogP contribution in [0.3, 0.4) is 0 Å². The number of benzene rings is 3. The van der Waals surface area contributed by atoms with E-state index >= 15 is 0 Å². The van der Waals surface area contributed by atoms with E-state index in [1.165, 1.54) is 26.2 Å². The van der Waals surface area contributed by atoms with Crippen LogP contribution in [-0.2, 0) is 27.7 Å². The fourth-order valence-electron chi connectivity index (χ4n) is 5.66. The van der Waals surface area contributed by atoms with Crippen molar-refractivity contribution in [3.63, 3.8) is 0 Å². The van der Waals surface area contributed by atoms with Gasteiger partial charge in [0.25, 0.3) is 11.8 Å². The molecule has 0 saturated carbocycles. The standard InChI is InChI=1S/C38H51F2N5O6S/c1-6-9-17-45(42-36(47)21-27-13-11-10-12-14-27)26-35(46)34(20-28-18-31(39)25-32(40)19-28)41-37(48)29-22-30(38(49)44(15-7-2)16-8-3)24-33(23-29)52(50,51)43(4)5/h10-14,18-19,22-25,34-35,46H,6-9,15-17,20-21,26H2,1-5H3,(H,41,48)(H,42,47). The Balaban J connectivity index is 2.00. The van der Waals surface area contributed by atoms with Crippen LogP contribution in [0.4, 0.5) is 8.78 Å². The van der Waals surface area contributed by atoms with E-state index in [1.807, 2.05) is 51.1 Å². The molecule has 284 valence electrons. The van der Waals surface area contributed by atoms with Crippen molar-refractivity contribution >= 4 is 27.7 Å². The van der Waals surface area contributed by atoms with Crippen molar-refractivity contribution in [3.05, 3.63) is 101 Å². The second-order valence-electron chi connectivity index (χ2n) is 13.0. The molecule has 0 bridgehead atoms. The lowest BCUT2D eigenvalue weighted by atomic mass is 9.99. The number of hydrazine groups is 1. The number of nitrogens with zero attached hydrogens (tertiary/aromatic N) is 3. The molecule has 0 spiro atoms. The zero-order chi connectivity index (χ0) is 38.4. The summed E-state index contributed by atoms with van der Waals surface area (Å²) in [6, 6.07) is 14.5. The van der Waals surface area contributed by atoms with Crippen LogP contribution in [0.5, 0.6) is 0 Å². The number of hydrogen-bond acceptors (Lipinski definition) is 7. The fourth-order valence-corrected chi connectivity index (χ4v) is 6.63. The Hall–Kier alpha value is -4.24. The Morgan fingerprint density at radius 2 is 1.42 bits per heavy atom. The van der Waals surface area contributed by atoms with Gasteiger partial charge in [0, 0.05) is 57.5 Å². The average Bonchev–Trinajstić information content (AvgIpc) is 3.09. The van der Waals surface area contributed by atoms with Crippen molar-refractivity contribution in [1.29, 1.82) is 0 Å². The van der Waals surface area contributed by atoms with Crippen LogP contribution in [-0.4, -0.2) is 97.9 Å². The van der Waals surface area contributed by atoms with Crippen LogP contribution >= 0.6 is 0 Å². The lowest BCUT2D eigenvalue weighted by Crippen LogP contribution is -2.53. The van der Waals surface area contributed by atoms with Gasteiger partial charge in [0.15, 0.2) is 0 Å². The van der Waals surface area contributed by atoms with E-state index in [0.717, 1.165) is 34.5 Å². The first-order valence-corrected chi connectivity index (χ1v) is 19.0. The van der Waals surface area contributed by atoms with E-state index in [2.05, 4.69) is 10.7 Å². The smallest absolute Gasteiger partial charge is 0.253 e. The molecule has 11 nitrogen and oxygen atoms in total. The van der Waals surface area contributed by atoms with Crippen molar-refractivity contribution in [2.45, 2.75) is 76.3 Å². The number of hydrogen-bond donors (Lipinski definition) is 3. The van der Waals surface area contributed by atoms with Crippen LogP contribution in [0, 0.1) is 11.6 Å². The number of sulfonamides is 1. The van der Waals surface area contributed by atoms with Crippen molar-refractivity contribution in [2.24, 2.45) is 0 Å². The predicted octanol–water partition coefficient (Wildman–Crippen LogP) is 4.56. The summed E-state index contributed by atoms with van der Waals surface area (Å²) >= 11 is 0. The molecule has 0 aromatic heterocycles. The normalized spacial score (nSPS) is 12.8. The molecule has 52 heavy (non-hydrogen) atoms. The van der Waals surface area contributed by atoms with Crippen LogP contribution < -0.4 is 10.7 Å². The number of amides is 3. The minimum atomic E-state index is -4.10. The average molecular weight is 744 g/mol. The second-order valence-corrected chi connectivity index (χ2v) is 15.1. The highest BCUT2D eigenvalue weighted by atomic mass is 32.2. The van der Waals surface area contributed by atoms with Gasteiger partial charge < -0.3 is 15.3 Å². The summed E-state index contributed by atoms with van der Waals surface area (Å²) in [6.07, 6.45) is 1.26. The van der Waals surface area contributed by atoms with Crippen molar-refractivity contribution in [2.75, 3.05) is 40.3 Å². The van der Waals surface area contributed by atoms with Gasteiger partial charge in [0.05, 0.1) is 23.5 Å². The molecule has 3 aromatic rings. The summed E-state index contributed by atoms with van der Waals surface area (Å²) in [5.74, 6) is -3.28. The first-order chi connectivity index (χ1) is 24.7. The Labute approximate surface area is 306 Å². The van der Waals surface area contributed by atoms with Crippen molar-refractivity contribution in [3.8, 4) is 0 Å². The van der Waals surface area contributed by atoms with E-state index in [4.69, 9.17) is 0 Å². The van der Waals surface area contributed by atoms with Gasteiger partial charge in [-0.05, 0) is 67.1 Å². The largest absolute Gasteiger partial charge is 0.390 e. The second kappa shape index (κ2) is 20.1. The van der Waals surface area contributed by atoms with Gasteiger partial charge in [-0.25, -0.2) is 26.5 Å². The molecule has 2 atom stereocenters. The molecule has 3 amide bonds. The predicted molar refractivity (Wildman–Crippen MR) is 196 cm³/mol. The molecule has 3 N–H and O–H groups in total. The summed E-state index contributed by atoms with van der Waals surface area (Å²) in [5.41, 5.74) is 3.59. The van der Waals surface area contributed by atoms with E-state index in [1.54, 1.807) is 9.91 Å². The highest BCUT2D eigenvalue weighted by molar-refractivity contribution is 7.89. The first kappa shape index (κ1) is 42.2. The highest BCUT2D eigenvalue weighted by Crippen LogP contribution is 2.21. The maximum absolute atomic E-state index is 14.3. The summed E-state index contributed by atoms with van der Waals surface area (Å²) < 4.78 is 56.0. The molecule has 0 radical (unpaired) electrons. The van der Waals surface area contributed by atoms with Gasteiger partial charge >= 0.3 is 0 Å². The summed E-state index contributed by atoms with van der Waals surface area (Å²) in [4.78, 5) is 41.9. The summed E-state index contributed by atoms with van der Waals surface area (Å²) in [6.45, 7) is 6.85. The first-order valence-electron chi connectivity index (χ1n) is 17.6. The van der Waals surface area contributed by atoms with Gasteiger partial charge in [-0.15, -0.1) is 0 Å². The molecule has 0 heterocycles. The molecule has 0 saturated heterocycles. The van der Waals surface area contributed by atoms with Gasteiger partial charge in [0.1, 0.15) is 11.6 Å². The van der Waals surface area contributed by atoms with Crippen molar-refractivity contribution in [1.82, 2.24) is 25.0 Å². The molecule has 0 aliphatic carbocycles. The topological polar surface area (TPSA) is 139 Å². The third kappa shape index (κ3) is 12.5. The Bertz CT molecular complexity index is 1730. The number of carbonyl (C=O) groups is 3. The van der Waals surface area contributed by atoms with E-state index in [9.17, 15) is 36.7 Å². The summed E-state index contributed by atoms with van der Waals surface area (Å²) in [7, 11) is -1.44. The van der Waals surface area contributed by atoms with E-state index < -0.39 is 45.6 Å². The molecular formula is C38H51F2N5O6S. The van der Waals surface area contributed by atoms with Crippen LogP contribution in [0.1, 0.15) is 78.3 Å². The number of rotatable bonds is 20. The van der Waals surface area contributed by atoms with Gasteiger partial charge in [-0.1, -0.05) is 57.5 Å². The maximum Gasteiger partial charge on any atom is 0.253 e. The van der Waals surface area contributed by atoms with Gasteiger partial charge in [0.2, 0.25) is 15.9 Å². The van der Waals surface area contributed by atoms with Crippen LogP contribution in [0.2, 0.25) is 0 Å². The number of aliphatic hydroxyl groups is 1. The number of carbonyl (C=O) groups excluding carboxylic acids is 3. The minimum Gasteiger partial charge on any atom is -0.390 e. The molecule has 14 heteroatoms. The van der Waals surface area contributed by atoms with Crippen LogP contribution in [0.25, 0.3) is 0 Å². The Kier molecular flexibility index (Phi) is 16.3. The zero-order valence-corrected chi connectivity index (χ0v) is 31.4. The Morgan fingerprint density at radius 1 is 0.808 bits per heavy atom. The zero-order valence-electron chi connectivity index (χ0n) is 30.6. The molecule has 3 aromatic carbocycles. The molecule has 0 aliphatic rings. The maximum atomic E-state index is 14.3. The third-order valence-electron chi connectivity index (χ3n) is 8.31. The van der Waals surface area contributed by atoms with E-state index in [-0.39, 0.29) is 46.9 Å². The highest BCUT2D eigenvalue weighted by Gasteiger charge is 2.28.